The molecular formula is C16H14Cl3NO2. The number of rotatable bonds is 5. The first-order valence-electron chi connectivity index (χ1n) is 6.67. The Morgan fingerprint density at radius 3 is 2.36 bits per heavy atom. The van der Waals surface area contributed by atoms with Gasteiger partial charge in [0.1, 0.15) is 5.75 Å². The molecule has 0 spiro atoms. The topological polar surface area (TPSA) is 38.3 Å². The molecule has 0 saturated carbocycles. The third-order valence-electron chi connectivity index (χ3n) is 2.94. The molecule has 0 radical (unpaired) electrons. The van der Waals surface area contributed by atoms with Crippen LogP contribution in [0.3, 0.4) is 0 Å². The maximum atomic E-state index is 12.3. The van der Waals surface area contributed by atoms with Gasteiger partial charge in [-0.3, -0.25) is 4.79 Å². The molecule has 0 unspecified atom stereocenters. The third kappa shape index (κ3) is 4.54. The summed E-state index contributed by atoms with van der Waals surface area (Å²) in [7, 11) is 0. The van der Waals surface area contributed by atoms with Gasteiger partial charge < -0.3 is 10.1 Å². The SMILES string of the molecule is CC[C@@H](Oc1ccc(Cl)cc1)C(=O)Nc1ccc(Cl)c(Cl)c1. The fourth-order valence-electron chi connectivity index (χ4n) is 1.80. The van der Waals surface area contributed by atoms with E-state index in [4.69, 9.17) is 39.5 Å². The molecule has 1 amide bonds. The van der Waals surface area contributed by atoms with E-state index in [0.717, 1.165) is 0 Å². The van der Waals surface area contributed by atoms with Gasteiger partial charge in [-0.25, -0.2) is 0 Å². The minimum atomic E-state index is -0.615. The molecule has 0 aliphatic rings. The lowest BCUT2D eigenvalue weighted by Crippen LogP contribution is -2.32. The zero-order valence-corrected chi connectivity index (χ0v) is 14.0. The van der Waals surface area contributed by atoms with Crippen LogP contribution in [0.1, 0.15) is 13.3 Å². The van der Waals surface area contributed by atoms with E-state index in [1.807, 2.05) is 6.92 Å². The van der Waals surface area contributed by atoms with Crippen LogP contribution in [0.15, 0.2) is 42.5 Å². The Balaban J connectivity index is 2.04. The highest BCUT2D eigenvalue weighted by Gasteiger charge is 2.18. The number of benzene rings is 2. The maximum Gasteiger partial charge on any atom is 0.265 e. The Labute approximate surface area is 144 Å². The fourth-order valence-corrected chi connectivity index (χ4v) is 2.22. The number of hydrogen-bond acceptors (Lipinski definition) is 2. The quantitative estimate of drug-likeness (QED) is 0.772. The summed E-state index contributed by atoms with van der Waals surface area (Å²) in [6, 6.07) is 11.8. The Morgan fingerprint density at radius 1 is 1.09 bits per heavy atom. The van der Waals surface area contributed by atoms with E-state index in [1.165, 1.54) is 0 Å². The van der Waals surface area contributed by atoms with E-state index < -0.39 is 6.10 Å². The number of nitrogens with one attached hydrogen (secondary N) is 1. The van der Waals surface area contributed by atoms with Gasteiger partial charge in [-0.15, -0.1) is 0 Å². The monoisotopic (exact) mass is 357 g/mol. The first-order chi connectivity index (χ1) is 10.5. The minimum absolute atomic E-state index is 0.254. The van der Waals surface area contributed by atoms with Crippen molar-refractivity contribution < 1.29 is 9.53 Å². The van der Waals surface area contributed by atoms with E-state index in [0.29, 0.717) is 32.9 Å². The van der Waals surface area contributed by atoms with Gasteiger partial charge >= 0.3 is 0 Å². The Hall–Kier alpha value is -1.42. The normalized spacial score (nSPS) is 11.8. The smallest absolute Gasteiger partial charge is 0.265 e. The molecule has 0 aromatic heterocycles. The lowest BCUT2D eigenvalue weighted by atomic mass is 10.2. The molecule has 0 aliphatic carbocycles. The predicted molar refractivity (Wildman–Crippen MR) is 91.3 cm³/mol. The van der Waals surface area contributed by atoms with Gasteiger partial charge in [0.05, 0.1) is 10.0 Å². The average Bonchev–Trinajstić information content (AvgIpc) is 2.50. The van der Waals surface area contributed by atoms with E-state index in [-0.39, 0.29) is 5.91 Å². The molecule has 0 aliphatic heterocycles. The summed E-state index contributed by atoms with van der Waals surface area (Å²) in [5.74, 6) is 0.330. The van der Waals surface area contributed by atoms with Crippen molar-refractivity contribution >= 4 is 46.4 Å². The van der Waals surface area contributed by atoms with Crippen LogP contribution in [-0.4, -0.2) is 12.0 Å². The van der Waals surface area contributed by atoms with Gasteiger partial charge in [-0.2, -0.15) is 0 Å². The van der Waals surface area contributed by atoms with Crippen molar-refractivity contribution in [3.63, 3.8) is 0 Å². The highest BCUT2D eigenvalue weighted by molar-refractivity contribution is 6.42. The molecule has 1 N–H and O–H groups in total. The number of anilines is 1. The van der Waals surface area contributed by atoms with E-state index in [2.05, 4.69) is 5.32 Å². The van der Waals surface area contributed by atoms with E-state index >= 15 is 0 Å². The molecule has 2 rings (SSSR count). The summed E-state index contributed by atoms with van der Waals surface area (Å²) in [4.78, 5) is 12.3. The zero-order valence-electron chi connectivity index (χ0n) is 11.8. The highest BCUT2D eigenvalue weighted by atomic mass is 35.5. The van der Waals surface area contributed by atoms with Gasteiger partial charge in [0.2, 0.25) is 0 Å². The van der Waals surface area contributed by atoms with Crippen LogP contribution >= 0.6 is 34.8 Å². The Kier molecular flexibility index (Phi) is 5.95. The summed E-state index contributed by atoms with van der Waals surface area (Å²) in [5, 5.41) is 4.19. The summed E-state index contributed by atoms with van der Waals surface area (Å²) >= 11 is 17.6. The van der Waals surface area contributed by atoms with Gasteiger partial charge in [-0.1, -0.05) is 41.7 Å². The molecular weight excluding hydrogens is 345 g/mol. The number of hydrogen-bond donors (Lipinski definition) is 1. The number of halogens is 3. The molecule has 0 heterocycles. The highest BCUT2D eigenvalue weighted by Crippen LogP contribution is 2.25. The molecule has 0 bridgehead atoms. The molecule has 2 aromatic rings. The van der Waals surface area contributed by atoms with Crippen LogP contribution in [0.4, 0.5) is 5.69 Å². The molecule has 1 atom stereocenters. The van der Waals surface area contributed by atoms with Crippen molar-refractivity contribution in [3.8, 4) is 5.75 Å². The van der Waals surface area contributed by atoms with Crippen molar-refractivity contribution in [2.24, 2.45) is 0 Å². The Bertz CT molecular complexity index is 659. The molecule has 6 heteroatoms. The molecule has 22 heavy (non-hydrogen) atoms. The number of carbonyl (C=O) groups excluding carboxylic acids is 1. The van der Waals surface area contributed by atoms with Crippen LogP contribution in [0.2, 0.25) is 15.1 Å². The van der Waals surface area contributed by atoms with Crippen LogP contribution in [0.5, 0.6) is 5.75 Å². The summed E-state index contributed by atoms with van der Waals surface area (Å²) in [6.45, 7) is 1.87. The molecule has 116 valence electrons. The van der Waals surface area contributed by atoms with Crippen molar-refractivity contribution in [1.82, 2.24) is 0 Å². The molecule has 2 aromatic carbocycles. The number of ether oxygens (including phenoxy) is 1. The second-order valence-corrected chi connectivity index (χ2v) is 5.84. The Morgan fingerprint density at radius 2 is 1.77 bits per heavy atom. The molecule has 3 nitrogen and oxygen atoms in total. The first-order valence-corrected chi connectivity index (χ1v) is 7.81. The van der Waals surface area contributed by atoms with Gasteiger partial charge in [-0.05, 0) is 48.9 Å². The van der Waals surface area contributed by atoms with Gasteiger partial charge in [0.15, 0.2) is 6.10 Å². The minimum Gasteiger partial charge on any atom is -0.481 e. The van der Waals surface area contributed by atoms with Crippen LogP contribution < -0.4 is 10.1 Å². The summed E-state index contributed by atoms with van der Waals surface area (Å²) in [5.41, 5.74) is 0.567. The zero-order chi connectivity index (χ0) is 16.1. The van der Waals surface area contributed by atoms with Crippen molar-refractivity contribution in [2.75, 3.05) is 5.32 Å². The standard InChI is InChI=1S/C16H14Cl3NO2/c1-2-15(22-12-6-3-10(17)4-7-12)16(21)20-11-5-8-13(18)14(19)9-11/h3-9,15H,2H2,1H3,(H,20,21)/t15-/m1/s1. The van der Waals surface area contributed by atoms with Crippen LogP contribution in [-0.2, 0) is 4.79 Å². The number of carbonyl (C=O) groups is 1. The van der Waals surface area contributed by atoms with Crippen LogP contribution in [0.25, 0.3) is 0 Å². The van der Waals surface area contributed by atoms with Gasteiger partial charge in [0, 0.05) is 10.7 Å². The second-order valence-electron chi connectivity index (χ2n) is 4.59. The van der Waals surface area contributed by atoms with Gasteiger partial charge in [0.25, 0.3) is 5.91 Å². The van der Waals surface area contributed by atoms with E-state index in [1.54, 1.807) is 42.5 Å². The summed E-state index contributed by atoms with van der Waals surface area (Å²) < 4.78 is 5.68. The lowest BCUT2D eigenvalue weighted by molar-refractivity contribution is -0.122. The fraction of sp³-hybridized carbons (Fsp3) is 0.188. The average molecular weight is 359 g/mol. The molecule has 0 fully saturated rings. The third-order valence-corrected chi connectivity index (χ3v) is 3.93. The lowest BCUT2D eigenvalue weighted by Gasteiger charge is -2.17. The van der Waals surface area contributed by atoms with Crippen LogP contribution in [0, 0.1) is 0 Å². The van der Waals surface area contributed by atoms with Crippen molar-refractivity contribution in [2.45, 2.75) is 19.4 Å². The van der Waals surface area contributed by atoms with E-state index in [9.17, 15) is 4.79 Å². The second kappa shape index (κ2) is 7.73. The largest absolute Gasteiger partial charge is 0.481 e. The van der Waals surface area contributed by atoms with Crippen molar-refractivity contribution in [1.29, 1.82) is 0 Å². The maximum absolute atomic E-state index is 12.3. The molecule has 0 saturated heterocycles. The first kappa shape index (κ1) is 16.9. The van der Waals surface area contributed by atoms with Crippen molar-refractivity contribution in [3.05, 3.63) is 57.5 Å². The summed E-state index contributed by atoms with van der Waals surface area (Å²) in [6.07, 6.45) is -0.0916. The predicted octanol–water partition coefficient (Wildman–Crippen LogP) is 5.44. The number of amides is 1.